The number of nitrogens with one attached hydrogen (secondary N) is 1. The van der Waals surface area contributed by atoms with Gasteiger partial charge in [-0.1, -0.05) is 17.4 Å². The highest BCUT2D eigenvalue weighted by Gasteiger charge is 2.16. The Labute approximate surface area is 125 Å². The molecule has 1 N–H and O–H groups in total. The predicted octanol–water partition coefficient (Wildman–Crippen LogP) is 2.58. The van der Waals surface area contributed by atoms with Gasteiger partial charge in [0.2, 0.25) is 6.79 Å². The van der Waals surface area contributed by atoms with E-state index in [1.807, 2.05) is 18.2 Å². The van der Waals surface area contributed by atoms with Gasteiger partial charge in [-0.15, -0.1) is 0 Å². The van der Waals surface area contributed by atoms with Crippen molar-refractivity contribution in [3.63, 3.8) is 0 Å². The number of hydrogen-bond donors (Lipinski definition) is 1. The number of nitrogens with zero attached hydrogens (tertiary/aromatic N) is 1. The molecule has 1 aromatic heterocycles. The normalized spacial score (nSPS) is 12.3. The molecule has 0 unspecified atom stereocenters. The Morgan fingerprint density at radius 1 is 1.43 bits per heavy atom. The Balaban J connectivity index is 1.69. The van der Waals surface area contributed by atoms with Gasteiger partial charge in [-0.25, -0.2) is 9.78 Å². The summed E-state index contributed by atoms with van der Waals surface area (Å²) >= 11 is 1.28. The predicted molar refractivity (Wildman–Crippen MR) is 78.1 cm³/mol. The Kier molecular flexibility index (Phi) is 3.66. The Morgan fingerprint density at radius 3 is 3.05 bits per heavy atom. The van der Waals surface area contributed by atoms with Crippen LogP contribution in [-0.4, -0.2) is 24.9 Å². The molecule has 1 aliphatic heterocycles. The number of methoxy groups -OCH3 is 1. The van der Waals surface area contributed by atoms with E-state index in [1.165, 1.54) is 18.4 Å². The second kappa shape index (κ2) is 5.61. The molecule has 0 bridgehead atoms. The largest absolute Gasteiger partial charge is 0.465 e. The highest BCUT2D eigenvalue weighted by molar-refractivity contribution is 7.17. The first-order valence-corrected chi connectivity index (χ1v) is 7.17. The molecule has 0 amide bonds. The first-order chi connectivity index (χ1) is 10.2. The lowest BCUT2D eigenvalue weighted by molar-refractivity contribution is 0.0605. The molecular formula is C14H14N2O4S. The second-order valence-corrected chi connectivity index (χ2v) is 5.47. The number of carbonyl (C=O) groups excluding carboxylic acids is 1. The van der Waals surface area contributed by atoms with Gasteiger partial charge in [-0.3, -0.25) is 0 Å². The van der Waals surface area contributed by atoms with Crippen LogP contribution in [0.1, 0.15) is 20.9 Å². The maximum atomic E-state index is 11.5. The number of carbonyl (C=O) groups is 1. The van der Waals surface area contributed by atoms with Crippen LogP contribution in [0.5, 0.6) is 11.5 Å². The van der Waals surface area contributed by atoms with Crippen LogP contribution in [0.4, 0.5) is 5.13 Å². The number of fused-ring (bicyclic) bond motifs is 1. The van der Waals surface area contributed by atoms with Gasteiger partial charge < -0.3 is 19.5 Å². The van der Waals surface area contributed by atoms with E-state index in [1.54, 1.807) is 6.92 Å². The van der Waals surface area contributed by atoms with Crippen molar-refractivity contribution in [3.8, 4) is 11.5 Å². The summed E-state index contributed by atoms with van der Waals surface area (Å²) in [4.78, 5) is 16.4. The first-order valence-electron chi connectivity index (χ1n) is 6.35. The summed E-state index contributed by atoms with van der Waals surface area (Å²) < 4.78 is 15.3. The van der Waals surface area contributed by atoms with Crippen LogP contribution >= 0.6 is 11.3 Å². The van der Waals surface area contributed by atoms with E-state index in [-0.39, 0.29) is 12.8 Å². The van der Waals surface area contributed by atoms with E-state index >= 15 is 0 Å². The van der Waals surface area contributed by atoms with Gasteiger partial charge in [0.1, 0.15) is 4.88 Å². The minimum atomic E-state index is -0.360. The Bertz CT molecular complexity index is 684. The quantitative estimate of drug-likeness (QED) is 0.876. The molecule has 0 atom stereocenters. The van der Waals surface area contributed by atoms with Crippen LogP contribution < -0.4 is 14.8 Å². The standard InChI is InChI=1S/C14H14N2O4S/c1-8-12(13(17)18-2)21-14(16-8)15-6-9-3-4-10-11(5-9)20-7-19-10/h3-5H,6-7H2,1-2H3,(H,15,16). The molecule has 0 saturated carbocycles. The summed E-state index contributed by atoms with van der Waals surface area (Å²) in [6.45, 7) is 2.64. The third-order valence-electron chi connectivity index (χ3n) is 3.05. The van der Waals surface area contributed by atoms with E-state index in [2.05, 4.69) is 10.3 Å². The van der Waals surface area contributed by atoms with Gasteiger partial charge in [0.05, 0.1) is 12.8 Å². The summed E-state index contributed by atoms with van der Waals surface area (Å²) in [5.41, 5.74) is 1.71. The zero-order chi connectivity index (χ0) is 14.8. The highest BCUT2D eigenvalue weighted by Crippen LogP contribution is 2.33. The highest BCUT2D eigenvalue weighted by atomic mass is 32.1. The van der Waals surface area contributed by atoms with E-state index in [9.17, 15) is 4.79 Å². The van der Waals surface area contributed by atoms with E-state index < -0.39 is 0 Å². The SMILES string of the molecule is COC(=O)c1sc(NCc2ccc3c(c2)OCO3)nc1C. The summed E-state index contributed by atoms with van der Waals surface area (Å²) in [5.74, 6) is 1.15. The fraction of sp³-hybridized carbons (Fsp3) is 0.286. The van der Waals surface area contributed by atoms with Crippen LogP contribution in [0, 0.1) is 6.92 Å². The number of ether oxygens (including phenoxy) is 3. The summed E-state index contributed by atoms with van der Waals surface area (Å²) in [5, 5.41) is 3.88. The lowest BCUT2D eigenvalue weighted by Gasteiger charge is -2.04. The molecule has 0 spiro atoms. The smallest absolute Gasteiger partial charge is 0.350 e. The number of rotatable bonds is 4. The van der Waals surface area contributed by atoms with Crippen molar-refractivity contribution in [2.75, 3.05) is 19.2 Å². The number of hydrogen-bond acceptors (Lipinski definition) is 7. The number of thiazole rings is 1. The zero-order valence-electron chi connectivity index (χ0n) is 11.6. The molecular weight excluding hydrogens is 292 g/mol. The molecule has 2 aromatic rings. The number of aromatic nitrogens is 1. The minimum Gasteiger partial charge on any atom is -0.465 e. The molecule has 0 radical (unpaired) electrons. The number of esters is 1. The third-order valence-corrected chi connectivity index (χ3v) is 4.14. The molecule has 0 saturated heterocycles. The van der Waals surface area contributed by atoms with E-state index in [0.29, 0.717) is 22.2 Å². The van der Waals surface area contributed by atoms with Crippen molar-refractivity contribution in [1.82, 2.24) is 4.98 Å². The summed E-state index contributed by atoms with van der Waals surface area (Å²) in [6, 6.07) is 5.77. The molecule has 6 nitrogen and oxygen atoms in total. The fourth-order valence-electron chi connectivity index (χ4n) is 1.98. The number of aryl methyl sites for hydroxylation is 1. The van der Waals surface area contributed by atoms with Crippen LogP contribution in [0.2, 0.25) is 0 Å². The van der Waals surface area contributed by atoms with Gasteiger partial charge in [0.25, 0.3) is 0 Å². The average molecular weight is 306 g/mol. The maximum absolute atomic E-state index is 11.5. The molecule has 0 fully saturated rings. The van der Waals surface area contributed by atoms with Crippen molar-refractivity contribution in [3.05, 3.63) is 34.3 Å². The van der Waals surface area contributed by atoms with Crippen LogP contribution in [0.25, 0.3) is 0 Å². The lowest BCUT2D eigenvalue weighted by atomic mass is 10.2. The van der Waals surface area contributed by atoms with Crippen LogP contribution in [0.15, 0.2) is 18.2 Å². The lowest BCUT2D eigenvalue weighted by Crippen LogP contribution is -1.99. The van der Waals surface area contributed by atoms with E-state index in [4.69, 9.17) is 14.2 Å². The zero-order valence-corrected chi connectivity index (χ0v) is 12.5. The fourth-order valence-corrected chi connectivity index (χ4v) is 2.86. The average Bonchev–Trinajstić information content (AvgIpc) is 3.10. The molecule has 1 aliphatic rings. The topological polar surface area (TPSA) is 69.7 Å². The van der Waals surface area contributed by atoms with Crippen molar-refractivity contribution in [2.24, 2.45) is 0 Å². The summed E-state index contributed by atoms with van der Waals surface area (Å²) in [6.07, 6.45) is 0. The third kappa shape index (κ3) is 2.78. The van der Waals surface area contributed by atoms with Crippen LogP contribution in [0.3, 0.4) is 0 Å². The second-order valence-electron chi connectivity index (χ2n) is 4.47. The molecule has 2 heterocycles. The molecule has 110 valence electrons. The summed E-state index contributed by atoms with van der Waals surface area (Å²) in [7, 11) is 1.36. The first kappa shape index (κ1) is 13.7. The molecule has 3 rings (SSSR count). The minimum absolute atomic E-state index is 0.264. The van der Waals surface area contributed by atoms with Gasteiger partial charge in [0, 0.05) is 6.54 Å². The van der Waals surface area contributed by atoms with Crippen molar-refractivity contribution >= 4 is 22.4 Å². The van der Waals surface area contributed by atoms with Crippen molar-refractivity contribution in [1.29, 1.82) is 0 Å². The molecule has 0 aliphatic carbocycles. The number of benzene rings is 1. The van der Waals surface area contributed by atoms with Gasteiger partial charge >= 0.3 is 5.97 Å². The molecule has 7 heteroatoms. The monoisotopic (exact) mass is 306 g/mol. The van der Waals surface area contributed by atoms with E-state index in [0.717, 1.165) is 17.1 Å². The van der Waals surface area contributed by atoms with Crippen LogP contribution in [-0.2, 0) is 11.3 Å². The van der Waals surface area contributed by atoms with Crippen molar-refractivity contribution < 1.29 is 19.0 Å². The Hall–Kier alpha value is -2.28. The van der Waals surface area contributed by atoms with Gasteiger partial charge in [-0.05, 0) is 24.6 Å². The van der Waals surface area contributed by atoms with Crippen molar-refractivity contribution in [2.45, 2.75) is 13.5 Å². The van der Waals surface area contributed by atoms with Gasteiger partial charge in [0.15, 0.2) is 16.6 Å². The number of anilines is 1. The molecule has 1 aromatic carbocycles. The Morgan fingerprint density at radius 2 is 2.24 bits per heavy atom. The maximum Gasteiger partial charge on any atom is 0.350 e. The molecule has 21 heavy (non-hydrogen) atoms. The van der Waals surface area contributed by atoms with Gasteiger partial charge in [-0.2, -0.15) is 0 Å².